The third kappa shape index (κ3) is 4.60. The number of amides is 2. The molecule has 3 aromatic rings. The van der Waals surface area contributed by atoms with Crippen LogP contribution in [0.4, 0.5) is 11.4 Å². The lowest BCUT2D eigenvalue weighted by Gasteiger charge is -2.09. The number of carbonyl (C=O) groups is 2. The van der Waals surface area contributed by atoms with E-state index in [1.54, 1.807) is 30.5 Å². The Hall–Kier alpha value is -3.08. The van der Waals surface area contributed by atoms with Crippen molar-refractivity contribution in [3.63, 3.8) is 0 Å². The fraction of sp³-hybridized carbons (Fsp3) is 0.304. The number of aryl methyl sites for hydroxylation is 2. The number of rotatable bonds is 6. The maximum Gasteiger partial charge on any atom is 0.228 e. The molecule has 0 spiro atoms. The molecule has 2 N–H and O–H groups in total. The highest BCUT2D eigenvalue weighted by atomic mass is 16.3. The molecule has 0 saturated heterocycles. The monoisotopic (exact) mass is 378 g/mol. The molecule has 0 atom stereocenters. The van der Waals surface area contributed by atoms with Gasteiger partial charge in [0.25, 0.3) is 0 Å². The Bertz CT molecular complexity index is 1000. The van der Waals surface area contributed by atoms with E-state index in [9.17, 15) is 9.59 Å². The Balaban J connectivity index is 1.62. The quantitative estimate of drug-likeness (QED) is 0.618. The number of benzene rings is 2. The minimum atomic E-state index is -0.113. The SMILES string of the molecule is Cc1ccc2c(CC(=O)Nc3ccc(NC(=O)CC(C)C)cc3)coc2c1C. The molecule has 0 unspecified atom stereocenters. The Morgan fingerprint density at radius 3 is 2.14 bits per heavy atom. The van der Waals surface area contributed by atoms with Crippen LogP contribution in [0.5, 0.6) is 0 Å². The lowest BCUT2D eigenvalue weighted by atomic mass is 10.0. The molecule has 1 aromatic heterocycles. The van der Waals surface area contributed by atoms with Crippen molar-refractivity contribution in [2.45, 2.75) is 40.5 Å². The predicted octanol–water partition coefficient (Wildman–Crippen LogP) is 5.22. The molecule has 2 aromatic carbocycles. The van der Waals surface area contributed by atoms with Crippen LogP contribution in [0.1, 0.15) is 37.0 Å². The van der Waals surface area contributed by atoms with Crippen molar-refractivity contribution in [3.8, 4) is 0 Å². The lowest BCUT2D eigenvalue weighted by Crippen LogP contribution is -2.15. The van der Waals surface area contributed by atoms with E-state index < -0.39 is 0 Å². The van der Waals surface area contributed by atoms with Gasteiger partial charge in [0, 0.05) is 28.7 Å². The predicted molar refractivity (Wildman–Crippen MR) is 113 cm³/mol. The van der Waals surface area contributed by atoms with Crippen LogP contribution >= 0.6 is 0 Å². The van der Waals surface area contributed by atoms with E-state index in [1.807, 2.05) is 39.8 Å². The molecule has 28 heavy (non-hydrogen) atoms. The van der Waals surface area contributed by atoms with Crippen molar-refractivity contribution in [3.05, 3.63) is 59.4 Å². The molecule has 5 nitrogen and oxygen atoms in total. The number of anilines is 2. The molecule has 1 heterocycles. The number of hydrogen-bond donors (Lipinski definition) is 2. The number of nitrogens with one attached hydrogen (secondary N) is 2. The third-order valence-electron chi connectivity index (χ3n) is 4.74. The van der Waals surface area contributed by atoms with Gasteiger partial charge in [-0.3, -0.25) is 9.59 Å². The van der Waals surface area contributed by atoms with Gasteiger partial charge in [-0.1, -0.05) is 26.0 Å². The molecule has 5 heteroatoms. The highest BCUT2D eigenvalue weighted by Gasteiger charge is 2.13. The van der Waals surface area contributed by atoms with Gasteiger partial charge in [0.05, 0.1) is 12.7 Å². The third-order valence-corrected chi connectivity index (χ3v) is 4.74. The van der Waals surface area contributed by atoms with Gasteiger partial charge in [0.2, 0.25) is 11.8 Å². The van der Waals surface area contributed by atoms with Gasteiger partial charge in [0.1, 0.15) is 5.58 Å². The van der Waals surface area contributed by atoms with Gasteiger partial charge < -0.3 is 15.1 Å². The molecule has 2 amide bonds. The van der Waals surface area contributed by atoms with E-state index in [0.717, 1.165) is 27.8 Å². The molecule has 3 rings (SSSR count). The minimum absolute atomic E-state index is 0.0100. The average Bonchev–Trinajstić information content (AvgIpc) is 3.02. The van der Waals surface area contributed by atoms with E-state index >= 15 is 0 Å². The standard InChI is InChI=1S/C23H26N2O3/c1-14(2)11-21(26)24-18-6-8-19(9-7-18)25-22(27)12-17-13-28-23-16(4)15(3)5-10-20(17)23/h5-10,13-14H,11-12H2,1-4H3,(H,24,26)(H,25,27). The first-order chi connectivity index (χ1) is 13.3. The summed E-state index contributed by atoms with van der Waals surface area (Å²) >= 11 is 0. The van der Waals surface area contributed by atoms with Crippen molar-refractivity contribution in [2.24, 2.45) is 5.92 Å². The summed E-state index contributed by atoms with van der Waals surface area (Å²) in [5.74, 6) is 0.187. The highest BCUT2D eigenvalue weighted by molar-refractivity contribution is 5.96. The van der Waals surface area contributed by atoms with Gasteiger partial charge in [-0.2, -0.15) is 0 Å². The fourth-order valence-corrected chi connectivity index (χ4v) is 3.12. The molecule has 0 aliphatic heterocycles. The molecular formula is C23H26N2O3. The zero-order valence-corrected chi connectivity index (χ0v) is 16.8. The van der Waals surface area contributed by atoms with Crippen molar-refractivity contribution < 1.29 is 14.0 Å². The second-order valence-electron chi connectivity index (χ2n) is 7.59. The van der Waals surface area contributed by atoms with Crippen LogP contribution in [0.2, 0.25) is 0 Å². The van der Waals surface area contributed by atoms with Crippen LogP contribution < -0.4 is 10.6 Å². The fourth-order valence-electron chi connectivity index (χ4n) is 3.12. The van der Waals surface area contributed by atoms with E-state index in [0.29, 0.717) is 18.0 Å². The number of furan rings is 1. The highest BCUT2D eigenvalue weighted by Crippen LogP contribution is 2.27. The number of carbonyl (C=O) groups excluding carboxylic acids is 2. The zero-order chi connectivity index (χ0) is 20.3. The van der Waals surface area contributed by atoms with Crippen LogP contribution in [0, 0.1) is 19.8 Å². The van der Waals surface area contributed by atoms with Crippen molar-refractivity contribution in [1.29, 1.82) is 0 Å². The summed E-state index contributed by atoms with van der Waals surface area (Å²) in [7, 11) is 0. The second-order valence-corrected chi connectivity index (χ2v) is 7.59. The van der Waals surface area contributed by atoms with Gasteiger partial charge in [0.15, 0.2) is 0 Å². The van der Waals surface area contributed by atoms with Crippen molar-refractivity contribution in [2.75, 3.05) is 10.6 Å². The lowest BCUT2D eigenvalue weighted by molar-refractivity contribution is -0.117. The summed E-state index contributed by atoms with van der Waals surface area (Å²) in [5, 5.41) is 6.72. The topological polar surface area (TPSA) is 71.3 Å². The molecule has 0 aliphatic carbocycles. The second kappa shape index (κ2) is 8.30. The van der Waals surface area contributed by atoms with Crippen LogP contribution in [0.25, 0.3) is 11.0 Å². The summed E-state index contributed by atoms with van der Waals surface area (Å²) in [6, 6.07) is 11.2. The Labute approximate surface area is 165 Å². The molecule has 0 aliphatic rings. The first kappa shape index (κ1) is 19.7. The summed E-state index contributed by atoms with van der Waals surface area (Å²) in [5.41, 5.74) is 5.37. The summed E-state index contributed by atoms with van der Waals surface area (Å²) in [6.07, 6.45) is 2.38. The van der Waals surface area contributed by atoms with Crippen molar-refractivity contribution >= 4 is 34.2 Å². The number of fused-ring (bicyclic) bond motifs is 1. The first-order valence-corrected chi connectivity index (χ1v) is 9.49. The molecule has 0 saturated carbocycles. The summed E-state index contributed by atoms with van der Waals surface area (Å²) in [6.45, 7) is 8.07. The van der Waals surface area contributed by atoms with Crippen LogP contribution in [0.15, 0.2) is 47.1 Å². The van der Waals surface area contributed by atoms with E-state index in [4.69, 9.17) is 4.42 Å². The van der Waals surface area contributed by atoms with Crippen LogP contribution in [0.3, 0.4) is 0 Å². The van der Waals surface area contributed by atoms with Crippen LogP contribution in [-0.2, 0) is 16.0 Å². The summed E-state index contributed by atoms with van der Waals surface area (Å²) < 4.78 is 5.67. The molecule has 146 valence electrons. The van der Waals surface area contributed by atoms with Crippen molar-refractivity contribution in [1.82, 2.24) is 0 Å². The molecular weight excluding hydrogens is 352 g/mol. The molecule has 0 bridgehead atoms. The zero-order valence-electron chi connectivity index (χ0n) is 16.8. The Morgan fingerprint density at radius 1 is 0.929 bits per heavy atom. The molecule has 0 radical (unpaired) electrons. The normalized spacial score (nSPS) is 11.0. The maximum absolute atomic E-state index is 12.4. The van der Waals surface area contributed by atoms with Gasteiger partial charge in [-0.25, -0.2) is 0 Å². The Kier molecular flexibility index (Phi) is 5.83. The van der Waals surface area contributed by atoms with Gasteiger partial charge in [-0.15, -0.1) is 0 Å². The number of hydrogen-bond acceptors (Lipinski definition) is 3. The minimum Gasteiger partial charge on any atom is -0.464 e. The van der Waals surface area contributed by atoms with E-state index in [-0.39, 0.29) is 18.2 Å². The molecule has 0 fully saturated rings. The Morgan fingerprint density at radius 2 is 1.54 bits per heavy atom. The average molecular weight is 378 g/mol. The van der Waals surface area contributed by atoms with Crippen LogP contribution in [-0.4, -0.2) is 11.8 Å². The maximum atomic E-state index is 12.4. The largest absolute Gasteiger partial charge is 0.464 e. The first-order valence-electron chi connectivity index (χ1n) is 9.49. The summed E-state index contributed by atoms with van der Waals surface area (Å²) in [4.78, 5) is 24.3. The van der Waals surface area contributed by atoms with Gasteiger partial charge in [-0.05, 0) is 55.2 Å². The smallest absolute Gasteiger partial charge is 0.228 e. The van der Waals surface area contributed by atoms with E-state index in [2.05, 4.69) is 10.6 Å². The van der Waals surface area contributed by atoms with E-state index in [1.165, 1.54) is 5.56 Å². The van der Waals surface area contributed by atoms with Gasteiger partial charge >= 0.3 is 0 Å².